The van der Waals surface area contributed by atoms with Crippen molar-refractivity contribution in [2.45, 2.75) is 19.3 Å². The zero-order chi connectivity index (χ0) is 16.4. The van der Waals surface area contributed by atoms with Gasteiger partial charge in [-0.3, -0.25) is 14.7 Å². The summed E-state index contributed by atoms with van der Waals surface area (Å²) in [7, 11) is 1.33. The van der Waals surface area contributed by atoms with Gasteiger partial charge in [0.2, 0.25) is 0 Å². The predicted octanol–water partition coefficient (Wildman–Crippen LogP) is 1.48. The summed E-state index contributed by atoms with van der Waals surface area (Å²) in [6, 6.07) is 5.45. The number of benzene rings is 1. The molecule has 0 fully saturated rings. The Morgan fingerprint density at radius 3 is 2.65 bits per heavy atom. The number of carbonyl (C=O) groups excluding carboxylic acids is 1. The lowest BCUT2D eigenvalue weighted by Gasteiger charge is -2.21. The Hall–Kier alpha value is -2.70. The van der Waals surface area contributed by atoms with Crippen molar-refractivity contribution in [1.29, 1.82) is 0 Å². The molecule has 1 aromatic heterocycles. The van der Waals surface area contributed by atoms with Gasteiger partial charge in [-0.2, -0.15) is 0 Å². The van der Waals surface area contributed by atoms with Gasteiger partial charge in [0.1, 0.15) is 13.2 Å². The van der Waals surface area contributed by atoms with Gasteiger partial charge in [0.05, 0.1) is 13.5 Å². The maximum Gasteiger partial charge on any atom is 0.306 e. The third-order valence-corrected chi connectivity index (χ3v) is 3.93. The number of aromatic amines is 2. The highest BCUT2D eigenvalue weighted by Gasteiger charge is 2.26. The number of H-pyrrole nitrogens is 2. The van der Waals surface area contributed by atoms with Crippen LogP contribution in [0.15, 0.2) is 23.0 Å². The molecule has 2 aromatic rings. The van der Waals surface area contributed by atoms with Gasteiger partial charge < -0.3 is 19.3 Å². The molecule has 0 saturated heterocycles. The first-order chi connectivity index (χ1) is 11.1. The molecule has 0 aliphatic carbocycles. The maximum atomic E-state index is 12.1. The van der Waals surface area contributed by atoms with Crippen LogP contribution in [0, 0.1) is 6.92 Å². The van der Waals surface area contributed by atoms with Gasteiger partial charge in [-0.05, 0) is 24.6 Å². The van der Waals surface area contributed by atoms with Crippen LogP contribution in [0.3, 0.4) is 0 Å². The molecule has 1 aliphatic rings. The van der Waals surface area contributed by atoms with E-state index in [9.17, 15) is 9.59 Å². The Kier molecular flexibility index (Phi) is 4.10. The number of rotatable bonds is 4. The first-order valence-electron chi connectivity index (χ1n) is 7.33. The van der Waals surface area contributed by atoms with E-state index in [1.165, 1.54) is 7.11 Å². The van der Waals surface area contributed by atoms with Gasteiger partial charge in [-0.15, -0.1) is 0 Å². The van der Waals surface area contributed by atoms with E-state index >= 15 is 0 Å². The van der Waals surface area contributed by atoms with E-state index in [4.69, 9.17) is 14.2 Å². The fourth-order valence-corrected chi connectivity index (χ4v) is 2.79. The van der Waals surface area contributed by atoms with Gasteiger partial charge >= 0.3 is 5.97 Å². The number of esters is 1. The van der Waals surface area contributed by atoms with E-state index in [2.05, 4.69) is 10.2 Å². The van der Waals surface area contributed by atoms with Crippen LogP contribution in [-0.2, 0) is 9.53 Å². The fraction of sp³-hybridized carbons (Fsp3) is 0.375. The molecule has 0 bridgehead atoms. The average molecular weight is 318 g/mol. The summed E-state index contributed by atoms with van der Waals surface area (Å²) in [5.74, 6) is 0.475. The van der Waals surface area contributed by atoms with E-state index < -0.39 is 5.92 Å². The second-order valence-electron chi connectivity index (χ2n) is 5.35. The highest BCUT2D eigenvalue weighted by Crippen LogP contribution is 2.36. The van der Waals surface area contributed by atoms with Gasteiger partial charge in [0.25, 0.3) is 5.56 Å². The van der Waals surface area contributed by atoms with E-state index in [1.54, 1.807) is 13.0 Å². The normalized spacial score (nSPS) is 14.3. The molecule has 23 heavy (non-hydrogen) atoms. The van der Waals surface area contributed by atoms with Crippen molar-refractivity contribution >= 4 is 5.97 Å². The summed E-state index contributed by atoms with van der Waals surface area (Å²) >= 11 is 0. The molecule has 3 rings (SSSR count). The van der Waals surface area contributed by atoms with Gasteiger partial charge in [-0.25, -0.2) is 0 Å². The van der Waals surface area contributed by atoms with Crippen molar-refractivity contribution in [2.75, 3.05) is 20.3 Å². The summed E-state index contributed by atoms with van der Waals surface area (Å²) in [4.78, 5) is 23.9. The van der Waals surface area contributed by atoms with Gasteiger partial charge in [-0.1, -0.05) is 6.07 Å². The third kappa shape index (κ3) is 2.94. The molecule has 0 spiro atoms. The number of hydrogen-bond donors (Lipinski definition) is 2. The van der Waals surface area contributed by atoms with Crippen LogP contribution >= 0.6 is 0 Å². The number of fused-ring (bicyclic) bond motifs is 1. The molecule has 7 heteroatoms. The lowest BCUT2D eigenvalue weighted by Crippen LogP contribution is -2.19. The molecule has 0 radical (unpaired) electrons. The Balaban J connectivity index is 2.05. The van der Waals surface area contributed by atoms with Crippen LogP contribution in [-0.4, -0.2) is 36.5 Å². The number of nitrogens with one attached hydrogen (secondary N) is 2. The highest BCUT2D eigenvalue weighted by atomic mass is 16.6. The van der Waals surface area contributed by atoms with E-state index in [0.29, 0.717) is 36.0 Å². The van der Waals surface area contributed by atoms with Crippen molar-refractivity contribution in [3.05, 3.63) is 45.4 Å². The molecule has 2 heterocycles. The monoisotopic (exact) mass is 318 g/mol. The average Bonchev–Trinajstić information content (AvgIpc) is 2.90. The molecular weight excluding hydrogens is 300 g/mol. The third-order valence-electron chi connectivity index (χ3n) is 3.93. The highest BCUT2D eigenvalue weighted by molar-refractivity contribution is 5.71. The number of ether oxygens (including phenoxy) is 3. The summed E-state index contributed by atoms with van der Waals surface area (Å²) in [5.41, 5.74) is 1.77. The molecule has 0 saturated carbocycles. The summed E-state index contributed by atoms with van der Waals surface area (Å²) in [5, 5.41) is 5.35. The van der Waals surface area contributed by atoms with Crippen LogP contribution < -0.4 is 15.0 Å². The summed E-state index contributed by atoms with van der Waals surface area (Å²) in [6.07, 6.45) is 0.0674. The minimum Gasteiger partial charge on any atom is -0.486 e. The van der Waals surface area contributed by atoms with E-state index in [1.807, 2.05) is 12.1 Å². The lowest BCUT2D eigenvalue weighted by atomic mass is 9.88. The second-order valence-corrected chi connectivity index (χ2v) is 5.35. The first-order valence-corrected chi connectivity index (χ1v) is 7.33. The minimum atomic E-state index is -0.423. The van der Waals surface area contributed by atoms with Crippen LogP contribution in [0.1, 0.15) is 29.2 Å². The van der Waals surface area contributed by atoms with Crippen LogP contribution in [0.25, 0.3) is 0 Å². The smallest absolute Gasteiger partial charge is 0.306 e. The van der Waals surface area contributed by atoms with Crippen molar-refractivity contribution < 1.29 is 19.0 Å². The van der Waals surface area contributed by atoms with Crippen molar-refractivity contribution in [1.82, 2.24) is 10.2 Å². The van der Waals surface area contributed by atoms with Gasteiger partial charge in [0, 0.05) is 17.2 Å². The molecule has 7 nitrogen and oxygen atoms in total. The largest absolute Gasteiger partial charge is 0.486 e. The predicted molar refractivity (Wildman–Crippen MR) is 82.1 cm³/mol. The Morgan fingerprint density at radius 1 is 1.26 bits per heavy atom. The fourth-order valence-electron chi connectivity index (χ4n) is 2.79. The second kappa shape index (κ2) is 6.20. The number of hydrogen-bond acceptors (Lipinski definition) is 5. The Morgan fingerprint density at radius 2 is 2.00 bits per heavy atom. The van der Waals surface area contributed by atoms with Crippen molar-refractivity contribution in [3.8, 4) is 11.5 Å². The van der Waals surface area contributed by atoms with Crippen LogP contribution in [0.2, 0.25) is 0 Å². The maximum absolute atomic E-state index is 12.1. The quantitative estimate of drug-likeness (QED) is 0.833. The molecule has 1 aromatic carbocycles. The summed E-state index contributed by atoms with van der Waals surface area (Å²) < 4.78 is 15.9. The number of aromatic nitrogens is 2. The zero-order valence-electron chi connectivity index (χ0n) is 13.0. The summed E-state index contributed by atoms with van der Waals surface area (Å²) in [6.45, 7) is 2.77. The SMILES string of the molecule is COC(=O)C[C@H](c1ccc2c(c1)OCCO2)c1c(C)[nH][nH]c1=O. The number of methoxy groups -OCH3 is 1. The lowest BCUT2D eigenvalue weighted by molar-refractivity contribution is -0.140. The molecule has 1 atom stereocenters. The molecular formula is C16H18N2O5. The van der Waals surface area contributed by atoms with Crippen LogP contribution in [0.4, 0.5) is 0 Å². The number of aryl methyl sites for hydroxylation is 1. The molecule has 0 amide bonds. The Bertz CT molecular complexity index is 777. The zero-order valence-corrected chi connectivity index (χ0v) is 13.0. The van der Waals surface area contributed by atoms with E-state index in [0.717, 1.165) is 5.56 Å². The standard InChI is InChI=1S/C16H18N2O5/c1-9-15(16(20)18-17-9)11(8-14(19)21-2)10-3-4-12-13(7-10)23-6-5-22-12/h3-4,7,11H,5-6,8H2,1-2H3,(H2,17,18,20)/t11-/m1/s1. The topological polar surface area (TPSA) is 93.4 Å². The Labute approximate surface area is 132 Å². The molecule has 1 aliphatic heterocycles. The van der Waals surface area contributed by atoms with Crippen LogP contribution in [0.5, 0.6) is 11.5 Å². The first kappa shape index (κ1) is 15.2. The van der Waals surface area contributed by atoms with Crippen molar-refractivity contribution in [2.24, 2.45) is 0 Å². The molecule has 0 unspecified atom stereocenters. The van der Waals surface area contributed by atoms with E-state index in [-0.39, 0.29) is 17.9 Å². The van der Waals surface area contributed by atoms with Crippen molar-refractivity contribution in [3.63, 3.8) is 0 Å². The van der Waals surface area contributed by atoms with Gasteiger partial charge in [0.15, 0.2) is 11.5 Å². The molecule has 122 valence electrons. The molecule has 2 N–H and O–H groups in total. The number of carbonyl (C=O) groups is 1. The minimum absolute atomic E-state index is 0.0674.